The van der Waals surface area contributed by atoms with Crippen LogP contribution in [0.5, 0.6) is 0 Å². The predicted octanol–water partition coefficient (Wildman–Crippen LogP) is 1.77. The third-order valence-corrected chi connectivity index (χ3v) is 4.03. The number of nitrogens with zero attached hydrogens (tertiary/aromatic N) is 3. The Morgan fingerprint density at radius 2 is 1.94 bits per heavy atom. The Labute approximate surface area is 103 Å². The van der Waals surface area contributed by atoms with Crippen LogP contribution in [0.15, 0.2) is 18.7 Å². The van der Waals surface area contributed by atoms with E-state index < -0.39 is 6.10 Å². The Hall–Kier alpha value is -1.00. The molecule has 2 atom stereocenters. The molecule has 17 heavy (non-hydrogen) atoms. The van der Waals surface area contributed by atoms with Crippen molar-refractivity contribution >= 4 is 0 Å². The van der Waals surface area contributed by atoms with E-state index in [9.17, 15) is 5.11 Å². The molecule has 4 heteroatoms. The summed E-state index contributed by atoms with van der Waals surface area (Å²) in [4.78, 5) is 10.4. The number of likely N-dealkylation sites (tertiary alicyclic amines) is 1. The molecule has 4 nitrogen and oxygen atoms in total. The van der Waals surface area contributed by atoms with Gasteiger partial charge in [0.2, 0.25) is 0 Å². The topological polar surface area (TPSA) is 49.3 Å². The molecular formula is C13H21N3O. The first-order valence-electron chi connectivity index (χ1n) is 6.36. The third-order valence-electron chi connectivity index (χ3n) is 4.03. The molecule has 0 aliphatic carbocycles. The molecule has 0 radical (unpaired) electrons. The van der Waals surface area contributed by atoms with Crippen LogP contribution in [0.4, 0.5) is 0 Å². The fraction of sp³-hybridized carbons (Fsp3) is 0.692. The zero-order valence-corrected chi connectivity index (χ0v) is 10.6. The van der Waals surface area contributed by atoms with Crippen LogP contribution in [0.1, 0.15) is 44.8 Å². The van der Waals surface area contributed by atoms with Gasteiger partial charge in [-0.2, -0.15) is 0 Å². The molecule has 1 aliphatic rings. The van der Waals surface area contributed by atoms with E-state index in [0.29, 0.717) is 0 Å². The van der Waals surface area contributed by atoms with Crippen LogP contribution in [0, 0.1) is 0 Å². The molecule has 0 aromatic carbocycles. The Bertz CT molecular complexity index is 351. The first-order chi connectivity index (χ1) is 8.18. The number of rotatable bonds is 4. The number of hydrogen-bond donors (Lipinski definition) is 1. The van der Waals surface area contributed by atoms with Crippen molar-refractivity contribution in [3.8, 4) is 0 Å². The minimum atomic E-state index is -0.521. The van der Waals surface area contributed by atoms with Crippen LogP contribution < -0.4 is 0 Å². The Kier molecular flexibility index (Phi) is 3.74. The summed E-state index contributed by atoms with van der Waals surface area (Å²) in [7, 11) is 0. The summed E-state index contributed by atoms with van der Waals surface area (Å²) in [5, 5.41) is 10.6. The lowest BCUT2D eigenvalue weighted by Gasteiger charge is -2.42. The van der Waals surface area contributed by atoms with Gasteiger partial charge in [0.05, 0.1) is 0 Å². The number of aliphatic hydroxyl groups excluding tert-OH is 1. The van der Waals surface area contributed by atoms with Gasteiger partial charge in [-0.3, -0.25) is 4.90 Å². The van der Waals surface area contributed by atoms with E-state index in [-0.39, 0.29) is 5.54 Å². The van der Waals surface area contributed by atoms with E-state index in [2.05, 4.69) is 28.7 Å². The van der Waals surface area contributed by atoms with Crippen molar-refractivity contribution in [1.29, 1.82) is 0 Å². The highest BCUT2D eigenvalue weighted by molar-refractivity contribution is 5.13. The van der Waals surface area contributed by atoms with E-state index in [1.807, 2.05) is 0 Å². The third kappa shape index (κ3) is 2.33. The lowest BCUT2D eigenvalue weighted by atomic mass is 9.86. The molecule has 1 saturated heterocycles. The molecule has 2 unspecified atom stereocenters. The summed E-state index contributed by atoms with van der Waals surface area (Å²) in [5.74, 6) is 0. The fourth-order valence-corrected chi connectivity index (χ4v) is 2.63. The minimum absolute atomic E-state index is 0.207. The molecule has 1 fully saturated rings. The first kappa shape index (κ1) is 12.5. The molecule has 0 bridgehead atoms. The van der Waals surface area contributed by atoms with Crippen LogP contribution in [0.3, 0.4) is 0 Å². The molecule has 1 aromatic heterocycles. The second-order valence-electron chi connectivity index (χ2n) is 4.98. The van der Waals surface area contributed by atoms with Crippen molar-refractivity contribution < 1.29 is 5.11 Å². The minimum Gasteiger partial charge on any atom is -0.386 e. The smallest absolute Gasteiger partial charge is 0.115 e. The van der Waals surface area contributed by atoms with Crippen LogP contribution in [0.2, 0.25) is 0 Å². The fourth-order valence-electron chi connectivity index (χ4n) is 2.63. The van der Waals surface area contributed by atoms with Gasteiger partial charge in [-0.15, -0.1) is 0 Å². The van der Waals surface area contributed by atoms with Crippen molar-refractivity contribution in [2.45, 2.75) is 44.8 Å². The number of aliphatic hydroxyl groups is 1. The molecule has 94 valence electrons. The highest BCUT2D eigenvalue weighted by Gasteiger charge is 2.39. The molecule has 0 amide bonds. The zero-order valence-electron chi connectivity index (χ0n) is 10.6. The van der Waals surface area contributed by atoms with Gasteiger partial charge in [-0.25, -0.2) is 9.97 Å². The van der Waals surface area contributed by atoms with Crippen molar-refractivity contribution in [3.63, 3.8) is 0 Å². The van der Waals surface area contributed by atoms with Gasteiger partial charge in [0.1, 0.15) is 12.4 Å². The quantitative estimate of drug-likeness (QED) is 0.864. The second kappa shape index (κ2) is 5.10. The first-order valence-corrected chi connectivity index (χ1v) is 6.36. The van der Waals surface area contributed by atoms with Crippen molar-refractivity contribution in [2.24, 2.45) is 0 Å². The lowest BCUT2D eigenvalue weighted by Crippen LogP contribution is -2.49. The second-order valence-corrected chi connectivity index (χ2v) is 4.98. The van der Waals surface area contributed by atoms with Gasteiger partial charge in [-0.05, 0) is 39.3 Å². The van der Waals surface area contributed by atoms with E-state index in [1.165, 1.54) is 19.2 Å². The molecule has 0 saturated carbocycles. The average molecular weight is 235 g/mol. The van der Waals surface area contributed by atoms with E-state index in [1.54, 1.807) is 12.4 Å². The zero-order chi connectivity index (χ0) is 12.3. The van der Waals surface area contributed by atoms with Crippen LogP contribution in [-0.2, 0) is 0 Å². The summed E-state index contributed by atoms with van der Waals surface area (Å²) < 4.78 is 0. The molecule has 1 aromatic rings. The maximum absolute atomic E-state index is 10.6. The van der Waals surface area contributed by atoms with Gasteiger partial charge in [0, 0.05) is 23.5 Å². The summed E-state index contributed by atoms with van der Waals surface area (Å²) in [6.45, 7) is 6.42. The van der Waals surface area contributed by atoms with E-state index in [4.69, 9.17) is 0 Å². The van der Waals surface area contributed by atoms with Gasteiger partial charge in [0.15, 0.2) is 0 Å². The van der Waals surface area contributed by atoms with E-state index >= 15 is 0 Å². The monoisotopic (exact) mass is 235 g/mol. The summed E-state index contributed by atoms with van der Waals surface area (Å²) in [5.41, 5.74) is 0.602. The van der Waals surface area contributed by atoms with Gasteiger partial charge < -0.3 is 5.11 Å². The van der Waals surface area contributed by atoms with Crippen molar-refractivity contribution in [1.82, 2.24) is 14.9 Å². The van der Waals surface area contributed by atoms with Crippen LogP contribution in [0.25, 0.3) is 0 Å². The highest BCUT2D eigenvalue weighted by Crippen LogP contribution is 2.35. The van der Waals surface area contributed by atoms with Crippen LogP contribution >= 0.6 is 0 Å². The van der Waals surface area contributed by atoms with Crippen LogP contribution in [-0.4, -0.2) is 38.6 Å². The summed E-state index contributed by atoms with van der Waals surface area (Å²) >= 11 is 0. The molecule has 0 spiro atoms. The van der Waals surface area contributed by atoms with Gasteiger partial charge in [-0.1, -0.05) is 6.92 Å². The maximum Gasteiger partial charge on any atom is 0.115 e. The molecule has 2 rings (SSSR count). The van der Waals surface area contributed by atoms with Crippen molar-refractivity contribution in [3.05, 3.63) is 24.3 Å². The van der Waals surface area contributed by atoms with Crippen molar-refractivity contribution in [2.75, 3.05) is 13.1 Å². The van der Waals surface area contributed by atoms with Gasteiger partial charge in [0.25, 0.3) is 0 Å². The summed E-state index contributed by atoms with van der Waals surface area (Å²) in [6, 6.07) is 0. The normalized spacial score (nSPS) is 22.3. The Morgan fingerprint density at radius 3 is 2.47 bits per heavy atom. The molecule has 2 heterocycles. The maximum atomic E-state index is 10.6. The molecule has 1 aliphatic heterocycles. The van der Waals surface area contributed by atoms with Gasteiger partial charge >= 0.3 is 0 Å². The SMILES string of the molecule is CCC(C)(C(O)c1cncnc1)N1CCCC1. The Morgan fingerprint density at radius 1 is 1.35 bits per heavy atom. The number of hydrogen-bond acceptors (Lipinski definition) is 4. The Balaban J connectivity index is 2.22. The largest absolute Gasteiger partial charge is 0.386 e. The molecular weight excluding hydrogens is 214 g/mol. The van der Waals surface area contributed by atoms with E-state index in [0.717, 1.165) is 25.1 Å². The predicted molar refractivity (Wildman–Crippen MR) is 66.5 cm³/mol. The highest BCUT2D eigenvalue weighted by atomic mass is 16.3. The standard InChI is InChI=1S/C13H21N3O/c1-3-13(2,16-6-4-5-7-16)12(17)11-8-14-10-15-9-11/h8-10,12,17H,3-7H2,1-2H3. The number of aromatic nitrogens is 2. The average Bonchev–Trinajstić information content (AvgIpc) is 2.92. The summed E-state index contributed by atoms with van der Waals surface area (Å²) in [6.07, 6.45) is 7.77. The lowest BCUT2D eigenvalue weighted by molar-refractivity contribution is -0.0143. The molecule has 1 N–H and O–H groups in total.